The quantitative estimate of drug-likeness (QED) is 0.462. The molecule has 0 amide bonds. The third kappa shape index (κ3) is 10.4. The Labute approximate surface area is 88.4 Å². The molecule has 0 unspecified atom stereocenters. The maximum atomic E-state index is 4.39. The van der Waals surface area contributed by atoms with Crippen molar-refractivity contribution in [2.24, 2.45) is 0 Å². The van der Waals surface area contributed by atoms with E-state index in [1.165, 1.54) is 25.7 Å². The number of halogens is 1. The molecule has 0 aromatic heterocycles. The summed E-state index contributed by atoms with van der Waals surface area (Å²) < 4.78 is 0. The van der Waals surface area contributed by atoms with Crippen LogP contribution in [0.25, 0.3) is 0 Å². The summed E-state index contributed by atoms with van der Waals surface area (Å²) in [5.41, 5.74) is 0. The molecule has 0 fully saturated rings. The fraction of sp³-hybridized carbons (Fsp3) is 0.444. The second kappa shape index (κ2) is 13.1. The van der Waals surface area contributed by atoms with Gasteiger partial charge < -0.3 is 11.6 Å². The molecular formula is C9H14ClPd-. The molecule has 0 aliphatic heterocycles. The standard InChI is InChI=1S/C8H12.CH2Cl.Pd/c1-2-4-6-8-7-5-3-1;1-2;/h1-4H,5-8H2;1H2;/q;-1;. The Balaban J connectivity index is 0. The molecule has 1 aliphatic rings. The van der Waals surface area contributed by atoms with Crippen molar-refractivity contribution in [3.63, 3.8) is 0 Å². The summed E-state index contributed by atoms with van der Waals surface area (Å²) in [6, 6.07) is 0. The fourth-order valence-corrected chi connectivity index (χ4v) is 0.874. The zero-order valence-corrected chi connectivity index (χ0v) is 8.85. The van der Waals surface area contributed by atoms with E-state index in [1.807, 2.05) is 0 Å². The maximum Gasteiger partial charge on any atom is 0 e. The molecule has 0 aromatic rings. The van der Waals surface area contributed by atoms with E-state index in [0.29, 0.717) is 0 Å². The van der Waals surface area contributed by atoms with Gasteiger partial charge in [0.05, 0.1) is 0 Å². The summed E-state index contributed by atoms with van der Waals surface area (Å²) in [7, 11) is 0. The summed E-state index contributed by atoms with van der Waals surface area (Å²) in [4.78, 5) is 0. The second-order valence-corrected chi connectivity index (χ2v) is 2.14. The zero-order chi connectivity index (χ0) is 7.66. The van der Waals surface area contributed by atoms with Crippen molar-refractivity contribution in [3.8, 4) is 0 Å². The van der Waals surface area contributed by atoms with Crippen LogP contribution in [0.5, 0.6) is 0 Å². The van der Waals surface area contributed by atoms with Crippen molar-refractivity contribution in [2.45, 2.75) is 25.7 Å². The number of hydrogen-bond donors (Lipinski definition) is 0. The van der Waals surface area contributed by atoms with E-state index in [9.17, 15) is 0 Å². The number of allylic oxidation sites excluding steroid dienone is 4. The van der Waals surface area contributed by atoms with Gasteiger partial charge in [0, 0.05) is 20.4 Å². The van der Waals surface area contributed by atoms with Crippen LogP contribution in [0.4, 0.5) is 0 Å². The van der Waals surface area contributed by atoms with Gasteiger partial charge >= 0.3 is 0 Å². The Morgan fingerprint density at radius 2 is 1.27 bits per heavy atom. The number of rotatable bonds is 0. The molecule has 1 rings (SSSR count). The Bertz CT molecular complexity index is 94.1. The summed E-state index contributed by atoms with van der Waals surface area (Å²) in [6.45, 7) is 0. The van der Waals surface area contributed by atoms with Gasteiger partial charge in [-0.3, -0.25) is 6.38 Å². The molecule has 11 heavy (non-hydrogen) atoms. The zero-order valence-electron chi connectivity index (χ0n) is 6.54. The van der Waals surface area contributed by atoms with E-state index in [-0.39, 0.29) is 20.4 Å². The minimum atomic E-state index is 0. The van der Waals surface area contributed by atoms with Crippen molar-refractivity contribution in [2.75, 3.05) is 0 Å². The van der Waals surface area contributed by atoms with Crippen molar-refractivity contribution in [1.82, 2.24) is 0 Å². The predicted molar refractivity (Wildman–Crippen MR) is 48.0 cm³/mol. The van der Waals surface area contributed by atoms with Crippen LogP contribution in [-0.4, -0.2) is 0 Å². The van der Waals surface area contributed by atoms with E-state index in [1.54, 1.807) is 0 Å². The molecule has 0 nitrogen and oxygen atoms in total. The molecule has 0 atom stereocenters. The minimum absolute atomic E-state index is 0. The summed E-state index contributed by atoms with van der Waals surface area (Å²) >= 11 is 4.39. The van der Waals surface area contributed by atoms with Crippen LogP contribution in [0.1, 0.15) is 25.7 Å². The first-order valence-electron chi connectivity index (χ1n) is 3.58. The molecule has 0 radical (unpaired) electrons. The monoisotopic (exact) mass is 263 g/mol. The molecule has 0 heterocycles. The minimum Gasteiger partial charge on any atom is -0.352 e. The first-order valence-corrected chi connectivity index (χ1v) is 4.12. The van der Waals surface area contributed by atoms with Gasteiger partial charge in [-0.1, -0.05) is 24.3 Å². The largest absolute Gasteiger partial charge is 0.352 e. The van der Waals surface area contributed by atoms with Crippen LogP contribution in [0, 0.1) is 6.38 Å². The molecule has 0 bridgehead atoms. The van der Waals surface area contributed by atoms with Gasteiger partial charge in [-0.2, -0.15) is 0 Å². The van der Waals surface area contributed by atoms with Gasteiger partial charge in [0.25, 0.3) is 0 Å². The van der Waals surface area contributed by atoms with Crippen molar-refractivity contribution >= 4 is 11.6 Å². The summed E-state index contributed by atoms with van der Waals surface area (Å²) in [5, 5.41) is 0. The summed E-state index contributed by atoms with van der Waals surface area (Å²) in [5.74, 6) is 0. The SMILES string of the molecule is C1=CCCCCC=C1.[CH2-]Cl.[Pd]. The van der Waals surface area contributed by atoms with Crippen molar-refractivity contribution in [1.29, 1.82) is 0 Å². The van der Waals surface area contributed by atoms with E-state index >= 15 is 0 Å². The number of hydrogen-bond acceptors (Lipinski definition) is 0. The van der Waals surface area contributed by atoms with Crippen LogP contribution < -0.4 is 0 Å². The Hall–Kier alpha value is 0.432. The third-order valence-electron chi connectivity index (χ3n) is 1.37. The normalized spacial score (nSPS) is 15.1. The van der Waals surface area contributed by atoms with Gasteiger partial charge in [-0.15, -0.1) is 0 Å². The molecular weight excluding hydrogens is 250 g/mol. The van der Waals surface area contributed by atoms with E-state index in [4.69, 9.17) is 0 Å². The van der Waals surface area contributed by atoms with Gasteiger partial charge in [0.1, 0.15) is 0 Å². The molecule has 68 valence electrons. The van der Waals surface area contributed by atoms with Crippen molar-refractivity contribution in [3.05, 3.63) is 30.7 Å². The smallest absolute Gasteiger partial charge is 0 e. The predicted octanol–water partition coefficient (Wildman–Crippen LogP) is 3.69. The molecule has 2 heteroatoms. The van der Waals surface area contributed by atoms with Crippen LogP contribution in [-0.2, 0) is 20.4 Å². The fourth-order valence-electron chi connectivity index (χ4n) is 0.874. The second-order valence-electron chi connectivity index (χ2n) is 2.14. The van der Waals surface area contributed by atoms with Crippen LogP contribution >= 0.6 is 11.6 Å². The molecule has 0 saturated heterocycles. The average molecular weight is 264 g/mol. The molecule has 0 N–H and O–H groups in total. The van der Waals surface area contributed by atoms with Gasteiger partial charge in [0.15, 0.2) is 0 Å². The third-order valence-corrected chi connectivity index (χ3v) is 1.37. The van der Waals surface area contributed by atoms with Crippen LogP contribution in [0.2, 0.25) is 0 Å². The topological polar surface area (TPSA) is 0 Å². The molecule has 1 aliphatic carbocycles. The van der Waals surface area contributed by atoms with Gasteiger partial charge in [-0.25, -0.2) is 0 Å². The first kappa shape index (κ1) is 14.0. The van der Waals surface area contributed by atoms with Gasteiger partial charge in [0.2, 0.25) is 0 Å². The van der Waals surface area contributed by atoms with Gasteiger partial charge in [-0.05, 0) is 25.7 Å². The van der Waals surface area contributed by atoms with E-state index < -0.39 is 0 Å². The van der Waals surface area contributed by atoms with Crippen molar-refractivity contribution < 1.29 is 20.4 Å². The molecule has 0 saturated carbocycles. The Morgan fingerprint density at radius 3 is 1.64 bits per heavy atom. The first-order chi connectivity index (χ1) is 5.00. The van der Waals surface area contributed by atoms with Crippen LogP contribution in [0.3, 0.4) is 0 Å². The van der Waals surface area contributed by atoms with E-state index in [2.05, 4.69) is 42.3 Å². The molecule has 0 spiro atoms. The van der Waals surface area contributed by atoms with E-state index in [0.717, 1.165) is 0 Å². The molecule has 0 aromatic carbocycles. The van der Waals surface area contributed by atoms with Crippen LogP contribution in [0.15, 0.2) is 24.3 Å². The summed E-state index contributed by atoms with van der Waals surface area (Å²) in [6.07, 6.45) is 16.7. The average Bonchev–Trinajstić information content (AvgIpc) is 1.90. The Kier molecular flexibility index (Phi) is 16.6. The maximum absolute atomic E-state index is 4.39. The Morgan fingerprint density at radius 1 is 0.909 bits per heavy atom.